The molecule has 0 unspecified atom stereocenters. The van der Waals surface area contributed by atoms with Gasteiger partial charge in [0.05, 0.1) is 12.6 Å². The average molecular weight is 333 g/mol. The normalized spacial score (nSPS) is 28.0. The molecule has 3 rings (SSSR count). The van der Waals surface area contributed by atoms with Gasteiger partial charge < -0.3 is 14.8 Å². The zero-order valence-corrected chi connectivity index (χ0v) is 14.4. The summed E-state index contributed by atoms with van der Waals surface area (Å²) in [5, 5.41) is 3.14. The van der Waals surface area contributed by atoms with E-state index in [1.54, 1.807) is 7.11 Å². The van der Waals surface area contributed by atoms with Crippen molar-refractivity contribution in [2.75, 3.05) is 33.4 Å². The Bertz CT molecular complexity index is 536. The third kappa shape index (κ3) is 4.12. The molecule has 1 aliphatic heterocycles. The van der Waals surface area contributed by atoms with Crippen LogP contribution in [0.1, 0.15) is 31.2 Å². The predicted octanol–water partition coefficient (Wildman–Crippen LogP) is 1.36. The second kappa shape index (κ2) is 8.05. The summed E-state index contributed by atoms with van der Waals surface area (Å²) in [6.45, 7) is 3.48. The van der Waals surface area contributed by atoms with Crippen molar-refractivity contribution in [2.45, 2.75) is 43.9 Å². The minimum absolute atomic E-state index is 0.0568. The van der Waals surface area contributed by atoms with Gasteiger partial charge in [-0.2, -0.15) is 0 Å². The number of rotatable bonds is 5. The summed E-state index contributed by atoms with van der Waals surface area (Å²) in [4.78, 5) is 18.5. The lowest BCUT2D eigenvalue weighted by Gasteiger charge is -2.49. The van der Waals surface area contributed by atoms with Crippen LogP contribution in [0.15, 0.2) is 24.5 Å². The van der Waals surface area contributed by atoms with Crippen molar-refractivity contribution < 1.29 is 14.3 Å². The second-order valence-electron chi connectivity index (χ2n) is 6.78. The molecule has 1 aromatic heterocycles. The number of aromatic nitrogens is 1. The van der Waals surface area contributed by atoms with Crippen LogP contribution in [0.25, 0.3) is 0 Å². The minimum Gasteiger partial charge on any atom is -0.375 e. The molecular weight excluding hydrogens is 306 g/mol. The monoisotopic (exact) mass is 333 g/mol. The molecule has 1 aliphatic carbocycles. The van der Waals surface area contributed by atoms with Gasteiger partial charge >= 0.3 is 0 Å². The molecular formula is C18H27N3O3. The molecule has 2 heterocycles. The highest BCUT2D eigenvalue weighted by molar-refractivity contribution is 5.77. The molecule has 1 saturated carbocycles. The van der Waals surface area contributed by atoms with Crippen molar-refractivity contribution >= 4 is 5.91 Å². The van der Waals surface area contributed by atoms with Gasteiger partial charge in [0.2, 0.25) is 5.91 Å². The number of ether oxygens (including phenoxy) is 2. The van der Waals surface area contributed by atoms with E-state index in [-0.39, 0.29) is 24.2 Å². The van der Waals surface area contributed by atoms with E-state index in [1.807, 2.05) is 12.4 Å². The molecule has 0 bridgehead atoms. The summed E-state index contributed by atoms with van der Waals surface area (Å²) in [6, 6.07) is 4.18. The molecule has 6 heteroatoms. The van der Waals surface area contributed by atoms with Crippen molar-refractivity contribution in [1.29, 1.82) is 0 Å². The topological polar surface area (TPSA) is 63.7 Å². The van der Waals surface area contributed by atoms with Gasteiger partial charge in [0, 0.05) is 39.1 Å². The van der Waals surface area contributed by atoms with Crippen molar-refractivity contribution in [2.24, 2.45) is 0 Å². The van der Waals surface area contributed by atoms with Crippen LogP contribution < -0.4 is 5.32 Å². The van der Waals surface area contributed by atoms with Gasteiger partial charge in [-0.15, -0.1) is 0 Å². The minimum atomic E-state index is -0.271. The molecule has 132 valence electrons. The van der Waals surface area contributed by atoms with Gasteiger partial charge in [0.25, 0.3) is 0 Å². The first-order valence-electron chi connectivity index (χ1n) is 8.75. The van der Waals surface area contributed by atoms with Crippen LogP contribution in [0, 0.1) is 0 Å². The Morgan fingerprint density at radius 3 is 3.08 bits per heavy atom. The maximum atomic E-state index is 12.0. The van der Waals surface area contributed by atoms with E-state index in [0.29, 0.717) is 6.61 Å². The fraction of sp³-hybridized carbons (Fsp3) is 0.667. The Morgan fingerprint density at radius 1 is 1.46 bits per heavy atom. The summed E-state index contributed by atoms with van der Waals surface area (Å²) in [7, 11) is 1.55. The van der Waals surface area contributed by atoms with Crippen LogP contribution in [0.2, 0.25) is 0 Å². The lowest BCUT2D eigenvalue weighted by molar-refractivity contribution is -0.152. The van der Waals surface area contributed by atoms with E-state index in [2.05, 4.69) is 27.3 Å². The van der Waals surface area contributed by atoms with E-state index in [4.69, 9.17) is 9.47 Å². The van der Waals surface area contributed by atoms with Crippen molar-refractivity contribution in [3.8, 4) is 0 Å². The third-order valence-corrected chi connectivity index (χ3v) is 5.03. The van der Waals surface area contributed by atoms with E-state index in [0.717, 1.165) is 45.3 Å². The quantitative estimate of drug-likeness (QED) is 0.881. The third-order valence-electron chi connectivity index (χ3n) is 5.03. The number of carbonyl (C=O) groups is 1. The zero-order valence-electron chi connectivity index (χ0n) is 14.4. The highest BCUT2D eigenvalue weighted by Gasteiger charge is 2.45. The zero-order chi connectivity index (χ0) is 16.8. The van der Waals surface area contributed by atoms with Crippen molar-refractivity contribution in [3.05, 3.63) is 30.1 Å². The number of nitrogens with one attached hydrogen (secondary N) is 1. The fourth-order valence-corrected chi connectivity index (χ4v) is 3.91. The number of amides is 1. The molecule has 2 fully saturated rings. The summed E-state index contributed by atoms with van der Waals surface area (Å²) < 4.78 is 11.2. The first-order valence-corrected chi connectivity index (χ1v) is 8.75. The molecule has 24 heavy (non-hydrogen) atoms. The van der Waals surface area contributed by atoms with E-state index in [1.165, 1.54) is 5.56 Å². The fourth-order valence-electron chi connectivity index (χ4n) is 3.91. The number of pyridine rings is 1. The van der Waals surface area contributed by atoms with Crippen LogP contribution >= 0.6 is 0 Å². The van der Waals surface area contributed by atoms with Crippen LogP contribution in [0.5, 0.6) is 0 Å². The van der Waals surface area contributed by atoms with Gasteiger partial charge in [0.15, 0.2) is 0 Å². The molecule has 1 N–H and O–H groups in total. The van der Waals surface area contributed by atoms with Gasteiger partial charge in [-0.3, -0.25) is 14.7 Å². The number of morpholine rings is 1. The predicted molar refractivity (Wildman–Crippen MR) is 90.5 cm³/mol. The van der Waals surface area contributed by atoms with Gasteiger partial charge in [-0.1, -0.05) is 12.8 Å². The highest BCUT2D eigenvalue weighted by atomic mass is 16.5. The van der Waals surface area contributed by atoms with Gasteiger partial charge in [-0.25, -0.2) is 0 Å². The number of methoxy groups -OCH3 is 1. The Morgan fingerprint density at radius 2 is 2.29 bits per heavy atom. The number of hydrogen-bond donors (Lipinski definition) is 1. The Hall–Kier alpha value is -1.50. The van der Waals surface area contributed by atoms with Crippen LogP contribution in [-0.4, -0.2) is 60.8 Å². The first-order chi connectivity index (χ1) is 11.7. The maximum absolute atomic E-state index is 12.0. The van der Waals surface area contributed by atoms with Crippen LogP contribution in [0.3, 0.4) is 0 Å². The van der Waals surface area contributed by atoms with Gasteiger partial charge in [0.1, 0.15) is 12.2 Å². The van der Waals surface area contributed by atoms with Crippen LogP contribution in [-0.2, 0) is 20.8 Å². The SMILES string of the molecule is COCC(=O)N[C@H]1CCCC[C@@]12CN(Cc1ccncc1)CCO2. The van der Waals surface area contributed by atoms with Crippen LogP contribution in [0.4, 0.5) is 0 Å². The second-order valence-corrected chi connectivity index (χ2v) is 6.78. The Labute approximate surface area is 143 Å². The molecule has 0 aromatic carbocycles. The Balaban J connectivity index is 1.67. The molecule has 2 atom stereocenters. The number of nitrogens with zero attached hydrogens (tertiary/aromatic N) is 2. The summed E-state index contributed by atoms with van der Waals surface area (Å²) in [5.74, 6) is -0.0568. The molecule has 6 nitrogen and oxygen atoms in total. The number of carbonyl (C=O) groups excluding carboxylic acids is 1. The molecule has 0 radical (unpaired) electrons. The largest absolute Gasteiger partial charge is 0.375 e. The number of hydrogen-bond acceptors (Lipinski definition) is 5. The smallest absolute Gasteiger partial charge is 0.246 e. The standard InChI is InChI=1S/C18H27N3O3/c1-23-13-17(22)20-16-4-2-3-7-18(16)14-21(10-11-24-18)12-15-5-8-19-9-6-15/h5-6,8-9,16H,2-4,7,10-14H2,1H3,(H,20,22)/t16-,18+/m0/s1. The molecule has 1 saturated heterocycles. The first kappa shape index (κ1) is 17.3. The van der Waals surface area contributed by atoms with Crippen molar-refractivity contribution in [1.82, 2.24) is 15.2 Å². The molecule has 1 amide bonds. The summed E-state index contributed by atoms with van der Waals surface area (Å²) in [5.41, 5.74) is 0.991. The highest BCUT2D eigenvalue weighted by Crippen LogP contribution is 2.35. The lowest BCUT2D eigenvalue weighted by Crippen LogP contribution is -2.64. The molecule has 1 aromatic rings. The Kier molecular flexibility index (Phi) is 5.81. The summed E-state index contributed by atoms with van der Waals surface area (Å²) in [6.07, 6.45) is 7.92. The van der Waals surface area contributed by atoms with Crippen molar-refractivity contribution in [3.63, 3.8) is 0 Å². The maximum Gasteiger partial charge on any atom is 0.246 e. The van der Waals surface area contributed by atoms with E-state index in [9.17, 15) is 4.79 Å². The molecule has 1 spiro atoms. The average Bonchev–Trinajstić information content (AvgIpc) is 2.59. The summed E-state index contributed by atoms with van der Waals surface area (Å²) >= 11 is 0. The van der Waals surface area contributed by atoms with Gasteiger partial charge in [-0.05, 0) is 30.5 Å². The lowest BCUT2D eigenvalue weighted by atomic mass is 9.78. The molecule has 2 aliphatic rings. The van der Waals surface area contributed by atoms with E-state index < -0.39 is 0 Å². The van der Waals surface area contributed by atoms with E-state index >= 15 is 0 Å².